The molecule has 0 aliphatic heterocycles. The highest BCUT2D eigenvalue weighted by molar-refractivity contribution is 9.10. The van der Waals surface area contributed by atoms with Gasteiger partial charge in [0.1, 0.15) is 11.8 Å². The van der Waals surface area contributed by atoms with E-state index in [1.165, 1.54) is 0 Å². The van der Waals surface area contributed by atoms with Crippen LogP contribution in [0.4, 0.5) is 0 Å². The van der Waals surface area contributed by atoms with Crippen molar-refractivity contribution in [2.75, 3.05) is 0 Å². The summed E-state index contributed by atoms with van der Waals surface area (Å²) in [5, 5.41) is 0. The molecule has 1 atom stereocenters. The zero-order chi connectivity index (χ0) is 10.8. The molecule has 0 saturated carbocycles. The Labute approximate surface area is 99.6 Å². The Kier molecular flexibility index (Phi) is 3.20. The highest BCUT2D eigenvalue weighted by Gasteiger charge is 2.22. The van der Waals surface area contributed by atoms with Crippen LogP contribution in [0, 0.1) is 6.92 Å². The van der Waals surface area contributed by atoms with Crippen LogP contribution in [-0.2, 0) is 0 Å². The molecule has 2 rings (SSSR count). The minimum atomic E-state index is -0.151. The van der Waals surface area contributed by atoms with Crippen molar-refractivity contribution in [2.45, 2.75) is 13.0 Å². The van der Waals surface area contributed by atoms with E-state index in [9.17, 15) is 0 Å². The zero-order valence-corrected chi connectivity index (χ0v) is 10.4. The van der Waals surface area contributed by atoms with E-state index in [0.29, 0.717) is 0 Å². The molecule has 0 bridgehead atoms. The van der Waals surface area contributed by atoms with Gasteiger partial charge in [0.15, 0.2) is 0 Å². The van der Waals surface area contributed by atoms with Crippen LogP contribution in [0.25, 0.3) is 0 Å². The summed E-state index contributed by atoms with van der Waals surface area (Å²) in [4.78, 5) is 5.25. The number of furan rings is 1. The lowest BCUT2D eigenvalue weighted by Gasteiger charge is -2.12. The smallest absolute Gasteiger partial charge is 0.141 e. The first-order valence-corrected chi connectivity index (χ1v) is 6.00. The summed E-state index contributed by atoms with van der Waals surface area (Å²) in [6.45, 7) is 1.95. The molecule has 2 heterocycles. The molecule has 0 aliphatic rings. The Balaban J connectivity index is 2.41. The van der Waals surface area contributed by atoms with Gasteiger partial charge in [-0.3, -0.25) is 5.84 Å². The summed E-state index contributed by atoms with van der Waals surface area (Å²) >= 11 is 4.97. The topological polar surface area (TPSA) is 64.1 Å². The first kappa shape index (κ1) is 10.8. The first-order chi connectivity index (χ1) is 7.24. The Bertz CT molecular complexity index is 413. The maximum atomic E-state index is 5.54. The normalized spacial score (nSPS) is 13.0. The van der Waals surface area contributed by atoms with E-state index >= 15 is 0 Å². The second kappa shape index (κ2) is 4.44. The van der Waals surface area contributed by atoms with E-state index in [4.69, 9.17) is 10.3 Å². The Morgan fingerprint density at radius 2 is 2.47 bits per heavy atom. The van der Waals surface area contributed by atoms with Gasteiger partial charge in [0, 0.05) is 0 Å². The van der Waals surface area contributed by atoms with Crippen LogP contribution >= 0.6 is 27.3 Å². The lowest BCUT2D eigenvalue weighted by atomic mass is 10.2. The molecule has 3 N–H and O–H groups in total. The number of aryl methyl sites for hydroxylation is 1. The Morgan fingerprint density at radius 3 is 2.93 bits per heavy atom. The van der Waals surface area contributed by atoms with Crippen molar-refractivity contribution in [3.05, 3.63) is 38.6 Å². The van der Waals surface area contributed by atoms with Crippen molar-refractivity contribution < 1.29 is 4.42 Å². The summed E-state index contributed by atoms with van der Waals surface area (Å²) < 4.78 is 6.29. The number of nitrogens with one attached hydrogen (secondary N) is 1. The molecule has 80 valence electrons. The maximum Gasteiger partial charge on any atom is 0.141 e. The molecular weight excluding hydrogens is 278 g/mol. The van der Waals surface area contributed by atoms with Crippen molar-refractivity contribution in [1.29, 1.82) is 0 Å². The summed E-state index contributed by atoms with van der Waals surface area (Å²) in [7, 11) is 0. The lowest BCUT2D eigenvalue weighted by Crippen LogP contribution is -2.28. The number of hydrogen-bond acceptors (Lipinski definition) is 5. The van der Waals surface area contributed by atoms with Gasteiger partial charge in [0.05, 0.1) is 26.8 Å². The number of nitrogens with zero attached hydrogens (tertiary/aromatic N) is 1. The third-order valence-corrected chi connectivity index (χ3v) is 3.77. The molecule has 15 heavy (non-hydrogen) atoms. The second-order valence-corrected chi connectivity index (χ2v) is 4.78. The van der Waals surface area contributed by atoms with E-state index < -0.39 is 0 Å². The molecule has 0 spiro atoms. The second-order valence-electron chi connectivity index (χ2n) is 3.03. The highest BCUT2D eigenvalue weighted by Crippen LogP contribution is 2.32. The molecule has 4 nitrogen and oxygen atoms in total. The first-order valence-electron chi connectivity index (χ1n) is 4.33. The van der Waals surface area contributed by atoms with Crippen LogP contribution in [0.3, 0.4) is 0 Å². The third-order valence-electron chi connectivity index (χ3n) is 2.12. The van der Waals surface area contributed by atoms with Crippen LogP contribution in [0.2, 0.25) is 0 Å². The van der Waals surface area contributed by atoms with E-state index in [1.54, 1.807) is 23.1 Å². The molecule has 6 heteroatoms. The summed E-state index contributed by atoms with van der Waals surface area (Å²) in [5.41, 5.74) is 5.50. The fraction of sp³-hybridized carbons (Fsp3) is 0.222. The van der Waals surface area contributed by atoms with Gasteiger partial charge in [-0.1, -0.05) is 0 Å². The van der Waals surface area contributed by atoms with E-state index in [2.05, 4.69) is 26.3 Å². The molecule has 2 aromatic rings. The third kappa shape index (κ3) is 1.98. The molecule has 0 aliphatic carbocycles. The largest absolute Gasteiger partial charge is 0.466 e. The van der Waals surface area contributed by atoms with Crippen LogP contribution in [0.5, 0.6) is 0 Å². The molecular formula is C9H10BrN3OS. The van der Waals surface area contributed by atoms with Crippen LogP contribution < -0.4 is 11.3 Å². The number of nitrogens with two attached hydrogens (primary N) is 1. The maximum absolute atomic E-state index is 5.54. The van der Waals surface area contributed by atoms with Gasteiger partial charge in [-0.05, 0) is 28.9 Å². The van der Waals surface area contributed by atoms with E-state index in [1.807, 2.05) is 13.0 Å². The minimum Gasteiger partial charge on any atom is -0.466 e. The van der Waals surface area contributed by atoms with Crippen molar-refractivity contribution in [1.82, 2.24) is 10.4 Å². The quantitative estimate of drug-likeness (QED) is 0.672. The van der Waals surface area contributed by atoms with Gasteiger partial charge in [0.25, 0.3) is 0 Å². The minimum absolute atomic E-state index is 0.151. The standard InChI is InChI=1S/C9H10BrN3OS/c1-5-9(15-4-12-5)7(13-11)8-6(10)2-3-14-8/h2-4,7,13H,11H2,1H3. The zero-order valence-electron chi connectivity index (χ0n) is 8.03. The number of halogens is 1. The van der Waals surface area contributed by atoms with Crippen LogP contribution in [-0.4, -0.2) is 4.98 Å². The Hall–Kier alpha value is -0.690. The molecule has 0 saturated heterocycles. The summed E-state index contributed by atoms with van der Waals surface area (Å²) in [6, 6.07) is 1.69. The van der Waals surface area contributed by atoms with Crippen molar-refractivity contribution in [3.63, 3.8) is 0 Å². The molecule has 2 aromatic heterocycles. The average molecular weight is 288 g/mol. The molecule has 1 unspecified atom stereocenters. The predicted octanol–water partition coefficient (Wildman–Crippen LogP) is 2.36. The van der Waals surface area contributed by atoms with Crippen molar-refractivity contribution >= 4 is 27.3 Å². The summed E-state index contributed by atoms with van der Waals surface area (Å²) in [6.07, 6.45) is 1.63. The van der Waals surface area contributed by atoms with Gasteiger partial charge >= 0.3 is 0 Å². The number of rotatable bonds is 3. The fourth-order valence-electron chi connectivity index (χ4n) is 1.37. The van der Waals surface area contributed by atoms with Gasteiger partial charge in [0.2, 0.25) is 0 Å². The van der Waals surface area contributed by atoms with Crippen LogP contribution in [0.1, 0.15) is 22.4 Å². The van der Waals surface area contributed by atoms with Gasteiger partial charge < -0.3 is 4.42 Å². The lowest BCUT2D eigenvalue weighted by molar-refractivity contribution is 0.452. The number of thiazole rings is 1. The summed E-state index contributed by atoms with van der Waals surface area (Å²) in [5.74, 6) is 6.31. The number of aromatic nitrogens is 1. The predicted molar refractivity (Wildman–Crippen MR) is 62.4 cm³/mol. The fourth-order valence-corrected chi connectivity index (χ4v) is 2.66. The van der Waals surface area contributed by atoms with Crippen LogP contribution in [0.15, 0.2) is 26.7 Å². The Morgan fingerprint density at radius 1 is 1.67 bits per heavy atom. The molecule has 0 radical (unpaired) electrons. The number of hydrogen-bond donors (Lipinski definition) is 2. The number of hydrazine groups is 1. The van der Waals surface area contributed by atoms with E-state index in [0.717, 1.165) is 20.8 Å². The molecule has 0 aromatic carbocycles. The SMILES string of the molecule is Cc1ncsc1C(NN)c1occc1Br. The highest BCUT2D eigenvalue weighted by atomic mass is 79.9. The molecule has 0 fully saturated rings. The van der Waals surface area contributed by atoms with Gasteiger partial charge in [-0.15, -0.1) is 11.3 Å². The van der Waals surface area contributed by atoms with Gasteiger partial charge in [-0.25, -0.2) is 10.4 Å². The molecule has 0 amide bonds. The van der Waals surface area contributed by atoms with Crippen molar-refractivity contribution in [3.8, 4) is 0 Å². The average Bonchev–Trinajstić information content (AvgIpc) is 2.80. The monoisotopic (exact) mass is 287 g/mol. The van der Waals surface area contributed by atoms with E-state index in [-0.39, 0.29) is 6.04 Å². The van der Waals surface area contributed by atoms with Gasteiger partial charge in [-0.2, -0.15) is 0 Å². The van der Waals surface area contributed by atoms with Crippen molar-refractivity contribution in [2.24, 2.45) is 5.84 Å².